The second-order valence-corrected chi connectivity index (χ2v) is 14.4. The van der Waals surface area contributed by atoms with Crippen LogP contribution in [0.5, 0.6) is 0 Å². The summed E-state index contributed by atoms with van der Waals surface area (Å²) in [5, 5.41) is 1.95. The Bertz CT molecular complexity index is 3070. The predicted molar refractivity (Wildman–Crippen MR) is 228 cm³/mol. The van der Waals surface area contributed by atoms with Crippen LogP contribution in [0.1, 0.15) is 28.1 Å². The van der Waals surface area contributed by atoms with E-state index < -0.39 is 5.41 Å². The smallest absolute Gasteiger partial charge is 0.164 e. The van der Waals surface area contributed by atoms with Gasteiger partial charge < -0.3 is 4.42 Å². The van der Waals surface area contributed by atoms with Crippen molar-refractivity contribution in [2.45, 2.75) is 5.41 Å². The van der Waals surface area contributed by atoms with Crippen LogP contribution >= 0.6 is 0 Å². The number of allylic oxidation sites excluding steroid dienone is 4. The molecule has 0 unspecified atom stereocenters. The lowest BCUT2D eigenvalue weighted by Crippen LogP contribution is -2.25. The molecule has 0 N–H and O–H groups in total. The van der Waals surface area contributed by atoms with Crippen LogP contribution in [0, 0.1) is 0 Å². The van der Waals surface area contributed by atoms with E-state index in [0.29, 0.717) is 17.5 Å². The Hall–Kier alpha value is -7.43. The van der Waals surface area contributed by atoms with Gasteiger partial charge in [-0.3, -0.25) is 0 Å². The summed E-state index contributed by atoms with van der Waals surface area (Å²) < 4.78 is 6.52. The second-order valence-electron chi connectivity index (χ2n) is 14.4. The van der Waals surface area contributed by atoms with Gasteiger partial charge in [0.05, 0.1) is 5.41 Å². The van der Waals surface area contributed by atoms with Crippen molar-refractivity contribution in [1.82, 2.24) is 15.0 Å². The van der Waals surface area contributed by atoms with E-state index in [4.69, 9.17) is 19.4 Å². The lowest BCUT2D eigenvalue weighted by Gasteiger charge is -2.30. The number of benzene rings is 7. The van der Waals surface area contributed by atoms with Crippen molar-refractivity contribution in [3.63, 3.8) is 0 Å². The maximum absolute atomic E-state index is 6.52. The molecule has 2 heterocycles. The Morgan fingerprint density at radius 2 is 1.07 bits per heavy atom. The zero-order valence-corrected chi connectivity index (χ0v) is 30.4. The summed E-state index contributed by atoms with van der Waals surface area (Å²) in [5.74, 6) is 1.66. The molecule has 262 valence electrons. The van der Waals surface area contributed by atoms with Gasteiger partial charge in [-0.05, 0) is 79.9 Å². The molecule has 2 aliphatic rings. The molecule has 0 bridgehead atoms. The first-order valence-electron chi connectivity index (χ1n) is 18.8. The van der Waals surface area contributed by atoms with Gasteiger partial charge in [0, 0.05) is 27.5 Å². The van der Waals surface area contributed by atoms with E-state index >= 15 is 0 Å². The minimum Gasteiger partial charge on any atom is -0.456 e. The first kappa shape index (κ1) is 32.0. The monoisotopic (exact) mass is 715 g/mol. The largest absolute Gasteiger partial charge is 0.456 e. The molecule has 0 aliphatic heterocycles. The molecule has 4 nitrogen and oxygen atoms in total. The molecule has 11 rings (SSSR count). The lowest BCUT2D eigenvalue weighted by atomic mass is 9.70. The summed E-state index contributed by atoms with van der Waals surface area (Å²) in [6.45, 7) is 7.93. The molecule has 0 radical (unpaired) electrons. The van der Waals surface area contributed by atoms with Crippen molar-refractivity contribution in [2.75, 3.05) is 0 Å². The average molecular weight is 716 g/mol. The summed E-state index contributed by atoms with van der Waals surface area (Å²) in [5.41, 5.74) is 16.4. The van der Waals surface area contributed by atoms with Crippen LogP contribution in [0.2, 0.25) is 0 Å². The summed E-state index contributed by atoms with van der Waals surface area (Å²) in [6.07, 6.45) is 5.33. The highest BCUT2D eigenvalue weighted by atomic mass is 16.3. The van der Waals surface area contributed by atoms with Gasteiger partial charge in [-0.25, -0.2) is 15.0 Å². The highest BCUT2D eigenvalue weighted by Crippen LogP contribution is 2.63. The number of hydrogen-bond acceptors (Lipinski definition) is 4. The van der Waals surface area contributed by atoms with Crippen LogP contribution in [0.4, 0.5) is 0 Å². The summed E-state index contributed by atoms with van der Waals surface area (Å²) >= 11 is 0. The SMILES string of the molecule is C=C/C=C(\C=C)c1nc(-c2ccccc2)nc(-c2cccc3oc4ccc(-c5ccc6c(c5)C5(c7ccccc7-c7ccccc75)c5ccccc5-6)cc4c23)n1. The third-order valence-electron chi connectivity index (χ3n) is 11.5. The summed E-state index contributed by atoms with van der Waals surface area (Å²) in [7, 11) is 0. The van der Waals surface area contributed by atoms with Gasteiger partial charge >= 0.3 is 0 Å². The number of nitrogens with zero attached hydrogens (tertiary/aromatic N) is 3. The Kier molecular flexibility index (Phi) is 7.04. The fourth-order valence-corrected chi connectivity index (χ4v) is 9.17. The number of rotatable bonds is 6. The molecular weight excluding hydrogens is 683 g/mol. The molecule has 2 aromatic heterocycles. The van der Waals surface area contributed by atoms with E-state index in [2.05, 4.69) is 128 Å². The Morgan fingerprint density at radius 3 is 1.75 bits per heavy atom. The summed E-state index contributed by atoms with van der Waals surface area (Å²) in [6, 6.07) is 56.3. The van der Waals surface area contributed by atoms with E-state index in [1.54, 1.807) is 12.2 Å². The van der Waals surface area contributed by atoms with Gasteiger partial charge in [0.25, 0.3) is 0 Å². The fraction of sp³-hybridized carbons (Fsp3) is 0.0192. The van der Waals surface area contributed by atoms with Crippen LogP contribution in [0.25, 0.3) is 83.7 Å². The molecule has 7 aromatic carbocycles. The standard InChI is InChI=1S/C52H33N3O/c1-3-15-32(4-2)49-53-50(33-16-6-5-7-17-33)55-51(54-49)40-21-14-25-47-48(40)41-30-34(27-29-46(41)56-47)35-26-28-39-38-20-10-13-24-44(38)52(45(39)31-35)42-22-11-8-18-36(42)37-19-9-12-23-43(37)52/h3-31H,1-2H2/b32-15+. The van der Waals surface area contributed by atoms with Crippen LogP contribution in [-0.4, -0.2) is 15.0 Å². The lowest BCUT2D eigenvalue weighted by molar-refractivity contribution is 0.669. The molecule has 0 atom stereocenters. The van der Waals surface area contributed by atoms with E-state index in [1.807, 2.05) is 48.5 Å². The number of hydrogen-bond donors (Lipinski definition) is 0. The first-order valence-corrected chi connectivity index (χ1v) is 18.8. The van der Waals surface area contributed by atoms with Crippen molar-refractivity contribution in [2.24, 2.45) is 0 Å². The second kappa shape index (κ2) is 12.3. The molecule has 0 amide bonds. The molecule has 0 saturated carbocycles. The van der Waals surface area contributed by atoms with E-state index in [0.717, 1.165) is 49.8 Å². The topological polar surface area (TPSA) is 51.8 Å². The zero-order valence-electron chi connectivity index (χ0n) is 30.4. The van der Waals surface area contributed by atoms with E-state index in [9.17, 15) is 0 Å². The maximum Gasteiger partial charge on any atom is 0.164 e. The minimum absolute atomic E-state index is 0.411. The quantitative estimate of drug-likeness (QED) is 0.161. The minimum atomic E-state index is -0.411. The van der Waals surface area contributed by atoms with Crippen molar-refractivity contribution in [1.29, 1.82) is 0 Å². The van der Waals surface area contributed by atoms with Crippen molar-refractivity contribution < 1.29 is 4.42 Å². The molecule has 0 fully saturated rings. The van der Waals surface area contributed by atoms with Crippen LogP contribution in [0.3, 0.4) is 0 Å². The van der Waals surface area contributed by atoms with Crippen LogP contribution in [0.15, 0.2) is 194 Å². The van der Waals surface area contributed by atoms with Gasteiger partial charge in [0.15, 0.2) is 17.5 Å². The molecule has 56 heavy (non-hydrogen) atoms. The third kappa shape index (κ3) is 4.50. The average Bonchev–Trinajstić information content (AvgIpc) is 3.89. The summed E-state index contributed by atoms with van der Waals surface area (Å²) in [4.78, 5) is 14.9. The van der Waals surface area contributed by atoms with Gasteiger partial charge in [0.2, 0.25) is 0 Å². The molecule has 1 spiro atoms. The van der Waals surface area contributed by atoms with E-state index in [1.165, 1.54) is 44.5 Å². The van der Waals surface area contributed by atoms with Gasteiger partial charge in [0.1, 0.15) is 11.2 Å². The molecule has 0 saturated heterocycles. The normalized spacial score (nSPS) is 13.4. The fourth-order valence-electron chi connectivity index (χ4n) is 9.17. The molecule has 9 aromatic rings. The van der Waals surface area contributed by atoms with E-state index in [-0.39, 0.29) is 0 Å². The zero-order chi connectivity index (χ0) is 37.4. The van der Waals surface area contributed by atoms with Gasteiger partial charge in [-0.1, -0.05) is 165 Å². The number of furan rings is 1. The van der Waals surface area contributed by atoms with Crippen molar-refractivity contribution >= 4 is 27.5 Å². The first-order chi connectivity index (χ1) is 27.7. The Balaban J connectivity index is 1.12. The number of aromatic nitrogens is 3. The maximum atomic E-state index is 6.52. The third-order valence-corrected chi connectivity index (χ3v) is 11.5. The predicted octanol–water partition coefficient (Wildman–Crippen LogP) is 12.9. The van der Waals surface area contributed by atoms with Gasteiger partial charge in [-0.2, -0.15) is 0 Å². The Labute approximate surface area is 324 Å². The molecule has 2 aliphatic carbocycles. The molecule has 4 heteroatoms. The highest BCUT2D eigenvalue weighted by Gasteiger charge is 2.51. The molecular formula is C52H33N3O. The number of fused-ring (bicyclic) bond motifs is 13. The van der Waals surface area contributed by atoms with Crippen molar-refractivity contribution in [3.05, 3.63) is 217 Å². The van der Waals surface area contributed by atoms with Crippen LogP contribution < -0.4 is 0 Å². The van der Waals surface area contributed by atoms with Crippen molar-refractivity contribution in [3.8, 4) is 56.2 Å². The Morgan fingerprint density at radius 1 is 0.482 bits per heavy atom. The van der Waals surface area contributed by atoms with Crippen LogP contribution in [-0.2, 0) is 5.41 Å². The van der Waals surface area contributed by atoms with Gasteiger partial charge in [-0.15, -0.1) is 0 Å². The highest BCUT2D eigenvalue weighted by molar-refractivity contribution is 6.13.